The molecule has 0 aliphatic rings. The molecule has 58 heavy (non-hydrogen) atoms. The van der Waals surface area contributed by atoms with Gasteiger partial charge in [-0.3, -0.25) is 19.2 Å². The fraction of sp³-hybridized carbons (Fsp3) is 0.286. The van der Waals surface area contributed by atoms with Gasteiger partial charge in [-0.25, -0.2) is 0 Å². The van der Waals surface area contributed by atoms with Crippen LogP contribution in [0.3, 0.4) is 0 Å². The zero-order valence-electron chi connectivity index (χ0n) is 33.0. The third-order valence-electron chi connectivity index (χ3n) is 9.22. The molecule has 3 aromatic carbocycles. The third-order valence-corrected chi connectivity index (χ3v) is 9.56. The highest BCUT2D eigenvalue weighted by Crippen LogP contribution is 2.40. The predicted octanol–water partition coefficient (Wildman–Crippen LogP) is 7.39. The number of amides is 4. The lowest BCUT2D eigenvalue weighted by Gasteiger charge is -2.23. The molecule has 0 aliphatic carbocycles. The Morgan fingerprint density at radius 2 is 1.14 bits per heavy atom. The fourth-order valence-corrected chi connectivity index (χ4v) is 6.70. The van der Waals surface area contributed by atoms with E-state index in [1.165, 1.54) is 21.3 Å². The number of hydrogen-bond acceptors (Lipinski definition) is 8. The first-order chi connectivity index (χ1) is 28.0. The lowest BCUT2D eigenvalue weighted by Crippen LogP contribution is -2.27. The number of aromatic nitrogens is 2. The second kappa shape index (κ2) is 20.3. The van der Waals surface area contributed by atoms with Crippen LogP contribution in [0.4, 0.5) is 28.4 Å². The number of hydrogen-bond donors (Lipinski definition) is 4. The van der Waals surface area contributed by atoms with Crippen LogP contribution < -0.4 is 40.4 Å². The molecular weight excluding hydrogens is 785 g/mol. The van der Waals surface area contributed by atoms with Gasteiger partial charge in [0.25, 0.3) is 17.7 Å². The van der Waals surface area contributed by atoms with Crippen LogP contribution in [0.15, 0.2) is 85.2 Å². The number of methoxy groups -OCH3 is 3. The van der Waals surface area contributed by atoms with Crippen molar-refractivity contribution in [2.75, 3.05) is 72.3 Å². The van der Waals surface area contributed by atoms with E-state index in [0.717, 1.165) is 30.8 Å². The molecule has 2 aromatic heterocycles. The molecule has 0 saturated carbocycles. The molecule has 4 amide bonds. The number of aryl methyl sites for hydroxylation is 3. The summed E-state index contributed by atoms with van der Waals surface area (Å²) in [6.07, 6.45) is 5.02. The van der Waals surface area contributed by atoms with Gasteiger partial charge in [-0.2, -0.15) is 0 Å². The van der Waals surface area contributed by atoms with Crippen molar-refractivity contribution in [3.05, 3.63) is 108 Å². The number of carbonyl (C=O) groups excluding carboxylic acids is 4. The Kier molecular flexibility index (Phi) is 15.1. The van der Waals surface area contributed by atoms with Gasteiger partial charge in [0.15, 0.2) is 11.5 Å². The van der Waals surface area contributed by atoms with Crippen LogP contribution in [-0.4, -0.2) is 78.9 Å². The van der Waals surface area contributed by atoms with Crippen LogP contribution >= 0.6 is 23.2 Å². The Labute approximate surface area is 347 Å². The third kappa shape index (κ3) is 11.0. The summed E-state index contributed by atoms with van der Waals surface area (Å²) in [5, 5.41) is 11.3. The number of nitrogens with one attached hydrogen (secondary N) is 4. The molecule has 0 unspecified atom stereocenters. The number of alkyl halides is 2. The van der Waals surface area contributed by atoms with Crippen molar-refractivity contribution >= 4 is 75.3 Å². The van der Waals surface area contributed by atoms with Crippen molar-refractivity contribution in [3.63, 3.8) is 0 Å². The Bertz CT molecular complexity index is 2190. The van der Waals surface area contributed by atoms with Gasteiger partial charge in [-0.1, -0.05) is 12.1 Å². The molecule has 16 heteroatoms. The number of ether oxygens (including phenoxy) is 3. The zero-order valence-corrected chi connectivity index (χ0v) is 34.5. The minimum atomic E-state index is -0.423. The summed E-state index contributed by atoms with van der Waals surface area (Å²) in [4.78, 5) is 54.3. The van der Waals surface area contributed by atoms with Gasteiger partial charge in [-0.15, -0.1) is 23.2 Å². The maximum absolute atomic E-state index is 13.2. The van der Waals surface area contributed by atoms with Crippen LogP contribution in [0.1, 0.15) is 49.7 Å². The molecule has 0 aliphatic heterocycles. The number of halogens is 2. The average molecular weight is 833 g/mol. The van der Waals surface area contributed by atoms with Crippen LogP contribution in [0, 0.1) is 0 Å². The molecule has 0 fully saturated rings. The zero-order chi connectivity index (χ0) is 41.8. The average Bonchev–Trinajstić information content (AvgIpc) is 3.78. The second-order valence-electron chi connectivity index (χ2n) is 13.2. The quantitative estimate of drug-likeness (QED) is 0.0628. The lowest BCUT2D eigenvalue weighted by atomic mass is 10.1. The molecule has 0 spiro atoms. The maximum atomic E-state index is 13.2. The monoisotopic (exact) mass is 831 g/mol. The van der Waals surface area contributed by atoms with Gasteiger partial charge in [0.1, 0.15) is 11.4 Å². The molecule has 5 rings (SSSR count). The van der Waals surface area contributed by atoms with Gasteiger partial charge in [0.05, 0.1) is 32.7 Å². The highest BCUT2D eigenvalue weighted by molar-refractivity contribution is 6.18. The van der Waals surface area contributed by atoms with E-state index in [9.17, 15) is 19.2 Å². The van der Waals surface area contributed by atoms with E-state index < -0.39 is 11.8 Å². The van der Waals surface area contributed by atoms with E-state index in [0.29, 0.717) is 75.9 Å². The van der Waals surface area contributed by atoms with Crippen molar-refractivity contribution in [3.8, 4) is 17.2 Å². The SMILES string of the molecule is COc1cc(NC(=O)c2cc(NC(=O)c3ccc(NC(=O)c4cc(NC(=O)CCCc5ccc(N(CCCl)CCCl)cc5)cn4C)cc3)cn2C)cc(OC)c1OC. The summed E-state index contributed by atoms with van der Waals surface area (Å²) in [6.45, 7) is 1.43. The Morgan fingerprint density at radius 3 is 1.66 bits per heavy atom. The molecular formula is C42H47Cl2N7O7. The van der Waals surface area contributed by atoms with E-state index in [4.69, 9.17) is 37.4 Å². The van der Waals surface area contributed by atoms with Crippen molar-refractivity contribution in [1.29, 1.82) is 0 Å². The van der Waals surface area contributed by atoms with E-state index in [2.05, 4.69) is 38.3 Å². The Morgan fingerprint density at radius 1 is 0.621 bits per heavy atom. The van der Waals surface area contributed by atoms with Gasteiger partial charge in [0.2, 0.25) is 11.7 Å². The largest absolute Gasteiger partial charge is 0.493 e. The van der Waals surface area contributed by atoms with Gasteiger partial charge < -0.3 is 49.5 Å². The molecule has 0 atom stereocenters. The first kappa shape index (κ1) is 43.0. The van der Waals surface area contributed by atoms with E-state index in [-0.39, 0.29) is 17.5 Å². The molecule has 14 nitrogen and oxygen atoms in total. The van der Waals surface area contributed by atoms with Crippen molar-refractivity contribution in [1.82, 2.24) is 9.13 Å². The predicted molar refractivity (Wildman–Crippen MR) is 229 cm³/mol. The second-order valence-corrected chi connectivity index (χ2v) is 14.0. The summed E-state index contributed by atoms with van der Waals surface area (Å²) < 4.78 is 19.3. The summed E-state index contributed by atoms with van der Waals surface area (Å²) in [6, 6.07) is 21.0. The first-order valence-corrected chi connectivity index (χ1v) is 19.5. The number of benzene rings is 3. The minimum Gasteiger partial charge on any atom is -0.493 e. The Hall–Kier alpha value is -6.12. The highest BCUT2D eigenvalue weighted by atomic mass is 35.5. The summed E-state index contributed by atoms with van der Waals surface area (Å²) in [5.74, 6) is 0.825. The summed E-state index contributed by atoms with van der Waals surface area (Å²) >= 11 is 11.9. The normalized spacial score (nSPS) is 10.7. The summed E-state index contributed by atoms with van der Waals surface area (Å²) in [5.41, 5.74) is 4.96. The molecule has 4 N–H and O–H groups in total. The minimum absolute atomic E-state index is 0.149. The standard InChI is InChI=1S/C42H47Cl2N7O7/c1-49-25-31(45-38(52)8-6-7-27-9-15-33(16-10-27)51(19-17-43)20-18-44)21-34(49)41(54)46-29-13-11-28(12-14-29)40(53)48-32-22-35(50(2)26-32)42(55)47-30-23-36(56-3)39(58-5)37(24-30)57-4/h9-16,21-26H,6-8,17-20H2,1-5H3,(H,45,52)(H,46,54)(H,47,55)(H,48,53). The summed E-state index contributed by atoms with van der Waals surface area (Å²) in [7, 11) is 7.86. The molecule has 0 radical (unpaired) electrons. The number of rotatable bonds is 19. The molecule has 0 bridgehead atoms. The number of carbonyl (C=O) groups is 4. The number of anilines is 5. The van der Waals surface area contributed by atoms with E-state index in [1.54, 1.807) is 84.2 Å². The van der Waals surface area contributed by atoms with Crippen LogP contribution in [0.5, 0.6) is 17.2 Å². The smallest absolute Gasteiger partial charge is 0.272 e. The highest BCUT2D eigenvalue weighted by Gasteiger charge is 2.19. The van der Waals surface area contributed by atoms with Crippen molar-refractivity contribution in [2.24, 2.45) is 14.1 Å². The fourth-order valence-electron chi connectivity index (χ4n) is 6.29. The van der Waals surface area contributed by atoms with E-state index in [1.807, 2.05) is 12.1 Å². The topological polar surface area (TPSA) is 157 Å². The first-order valence-electron chi connectivity index (χ1n) is 18.4. The lowest BCUT2D eigenvalue weighted by molar-refractivity contribution is -0.116. The van der Waals surface area contributed by atoms with Crippen LogP contribution in [0.2, 0.25) is 0 Å². The molecule has 2 heterocycles. The van der Waals surface area contributed by atoms with Gasteiger partial charge >= 0.3 is 0 Å². The Balaban J connectivity index is 1.10. The maximum Gasteiger partial charge on any atom is 0.272 e. The molecule has 5 aromatic rings. The van der Waals surface area contributed by atoms with Gasteiger partial charge in [-0.05, 0) is 66.9 Å². The molecule has 306 valence electrons. The van der Waals surface area contributed by atoms with Crippen LogP contribution in [-0.2, 0) is 25.3 Å². The molecule has 0 saturated heterocycles. The number of nitrogens with zero attached hydrogens (tertiary/aromatic N) is 3. The van der Waals surface area contributed by atoms with Gasteiger partial charge in [0, 0.05) is 92.5 Å². The van der Waals surface area contributed by atoms with Crippen LogP contribution in [0.25, 0.3) is 0 Å². The van der Waals surface area contributed by atoms with Crippen molar-refractivity contribution < 1.29 is 33.4 Å². The van der Waals surface area contributed by atoms with E-state index >= 15 is 0 Å². The van der Waals surface area contributed by atoms with Crippen molar-refractivity contribution in [2.45, 2.75) is 19.3 Å².